The third-order valence-electron chi connectivity index (χ3n) is 7.12. The topological polar surface area (TPSA) is 78.4 Å². The summed E-state index contributed by atoms with van der Waals surface area (Å²) in [6, 6.07) is 31.4. The minimum atomic E-state index is -3.59. The van der Waals surface area contributed by atoms with E-state index in [2.05, 4.69) is 29.3 Å². The van der Waals surface area contributed by atoms with Crippen LogP contribution in [0.5, 0.6) is 0 Å². The molecule has 1 unspecified atom stereocenters. The molecule has 38 heavy (non-hydrogen) atoms. The number of nitrogens with one attached hydrogen (secondary N) is 1. The molecule has 0 spiro atoms. The average Bonchev–Trinajstić information content (AvgIpc) is 2.97. The predicted octanol–water partition coefficient (Wildman–Crippen LogP) is 5.47. The summed E-state index contributed by atoms with van der Waals surface area (Å²) in [6.07, 6.45) is 0. The second kappa shape index (κ2) is 10.0. The maximum Gasteiger partial charge on any atom is 0.243 e. The molecule has 0 aliphatic carbocycles. The minimum absolute atomic E-state index is 0.0614. The monoisotopic (exact) mass is 523 g/mol. The van der Waals surface area contributed by atoms with E-state index < -0.39 is 10.0 Å². The molecule has 192 valence electrons. The Morgan fingerprint density at radius 2 is 1.45 bits per heavy atom. The SMILES string of the molecule is CC(Nc1nc(N2CCN(S(=O)(=O)c3ccc4ccccc4c3)CC2)nc2ccccc12)c1ccccc1. The maximum absolute atomic E-state index is 13.4. The summed E-state index contributed by atoms with van der Waals surface area (Å²) in [5, 5.41) is 6.46. The standard InChI is InChI=1S/C30H29N5O2S/c1-22(23-9-3-2-4-10-23)31-29-27-13-7-8-14-28(27)32-30(33-29)34-17-19-35(20-18-34)38(36,37)26-16-15-24-11-5-6-12-25(24)21-26/h2-16,21-22H,17-20H2,1H3,(H,31,32,33). The fourth-order valence-corrected chi connectivity index (χ4v) is 6.41. The Morgan fingerprint density at radius 1 is 0.763 bits per heavy atom. The molecule has 2 heterocycles. The minimum Gasteiger partial charge on any atom is -0.363 e. The zero-order valence-corrected chi connectivity index (χ0v) is 22.0. The van der Waals surface area contributed by atoms with Crippen LogP contribution >= 0.6 is 0 Å². The van der Waals surface area contributed by atoms with Crippen LogP contribution in [-0.2, 0) is 10.0 Å². The van der Waals surface area contributed by atoms with Gasteiger partial charge in [0.2, 0.25) is 16.0 Å². The van der Waals surface area contributed by atoms with E-state index in [1.54, 1.807) is 16.4 Å². The van der Waals surface area contributed by atoms with Crippen molar-refractivity contribution in [3.63, 3.8) is 0 Å². The highest BCUT2D eigenvalue weighted by molar-refractivity contribution is 7.89. The van der Waals surface area contributed by atoms with E-state index in [-0.39, 0.29) is 6.04 Å². The summed E-state index contributed by atoms with van der Waals surface area (Å²) < 4.78 is 28.4. The number of rotatable bonds is 6. The lowest BCUT2D eigenvalue weighted by atomic mass is 10.1. The van der Waals surface area contributed by atoms with Crippen molar-refractivity contribution in [1.82, 2.24) is 14.3 Å². The van der Waals surface area contributed by atoms with E-state index in [4.69, 9.17) is 9.97 Å². The van der Waals surface area contributed by atoms with Crippen LogP contribution in [0.3, 0.4) is 0 Å². The van der Waals surface area contributed by atoms with E-state index in [0.717, 1.165) is 27.5 Å². The lowest BCUT2D eigenvalue weighted by molar-refractivity contribution is 0.383. The summed E-state index contributed by atoms with van der Waals surface area (Å²) in [5.74, 6) is 1.38. The molecule has 6 rings (SSSR count). The third kappa shape index (κ3) is 4.68. The molecule has 5 aromatic rings. The van der Waals surface area contributed by atoms with Crippen molar-refractivity contribution in [2.45, 2.75) is 17.9 Å². The number of fused-ring (bicyclic) bond motifs is 2. The zero-order valence-electron chi connectivity index (χ0n) is 21.2. The Kier molecular flexibility index (Phi) is 6.43. The van der Waals surface area contributed by atoms with Gasteiger partial charge in [-0.2, -0.15) is 9.29 Å². The molecule has 1 aromatic heterocycles. The van der Waals surface area contributed by atoms with Crippen LogP contribution in [0.25, 0.3) is 21.7 Å². The van der Waals surface area contributed by atoms with Gasteiger partial charge in [0.25, 0.3) is 0 Å². The summed E-state index contributed by atoms with van der Waals surface area (Å²) in [7, 11) is -3.59. The van der Waals surface area contributed by atoms with Crippen molar-refractivity contribution >= 4 is 43.5 Å². The number of hydrogen-bond acceptors (Lipinski definition) is 6. The molecule has 8 heteroatoms. The average molecular weight is 524 g/mol. The Morgan fingerprint density at radius 3 is 2.24 bits per heavy atom. The van der Waals surface area contributed by atoms with Gasteiger partial charge in [-0.15, -0.1) is 0 Å². The number of hydrogen-bond donors (Lipinski definition) is 1. The van der Waals surface area contributed by atoms with E-state index in [1.165, 1.54) is 5.56 Å². The first kappa shape index (κ1) is 24.3. The lowest BCUT2D eigenvalue weighted by Gasteiger charge is -2.34. The number of nitrogens with zero attached hydrogens (tertiary/aromatic N) is 4. The van der Waals surface area contributed by atoms with Crippen LogP contribution in [0.2, 0.25) is 0 Å². The van der Waals surface area contributed by atoms with Crippen LogP contribution in [0, 0.1) is 0 Å². The Labute approximate surface area is 222 Å². The summed E-state index contributed by atoms with van der Waals surface area (Å²) in [6.45, 7) is 3.88. The highest BCUT2D eigenvalue weighted by Gasteiger charge is 2.30. The summed E-state index contributed by atoms with van der Waals surface area (Å²) in [4.78, 5) is 12.1. The lowest BCUT2D eigenvalue weighted by Crippen LogP contribution is -2.49. The molecule has 1 N–H and O–H groups in total. The van der Waals surface area contributed by atoms with Crippen molar-refractivity contribution in [2.75, 3.05) is 36.4 Å². The van der Waals surface area contributed by atoms with Crippen LogP contribution in [-0.4, -0.2) is 48.9 Å². The van der Waals surface area contributed by atoms with Gasteiger partial charge >= 0.3 is 0 Å². The Hall–Kier alpha value is -4.01. The van der Waals surface area contributed by atoms with Gasteiger partial charge in [0.05, 0.1) is 10.4 Å². The highest BCUT2D eigenvalue weighted by Crippen LogP contribution is 2.28. The van der Waals surface area contributed by atoms with Gasteiger partial charge in [0, 0.05) is 37.6 Å². The predicted molar refractivity (Wildman–Crippen MR) is 153 cm³/mol. The number of sulfonamides is 1. The first-order valence-electron chi connectivity index (χ1n) is 12.8. The quantitative estimate of drug-likeness (QED) is 0.318. The van der Waals surface area contributed by atoms with E-state index in [9.17, 15) is 8.42 Å². The van der Waals surface area contributed by atoms with Gasteiger partial charge in [0.1, 0.15) is 5.82 Å². The number of aromatic nitrogens is 2. The molecule has 1 atom stereocenters. The zero-order chi connectivity index (χ0) is 26.1. The van der Waals surface area contributed by atoms with E-state index in [1.807, 2.05) is 72.8 Å². The van der Waals surface area contributed by atoms with Crippen LogP contribution in [0.15, 0.2) is 102 Å². The van der Waals surface area contributed by atoms with Crippen molar-refractivity contribution in [3.05, 3.63) is 103 Å². The molecule has 0 radical (unpaired) electrons. The largest absolute Gasteiger partial charge is 0.363 e. The van der Waals surface area contributed by atoms with Gasteiger partial charge in [-0.25, -0.2) is 13.4 Å². The van der Waals surface area contributed by atoms with Crippen molar-refractivity contribution in [3.8, 4) is 0 Å². The highest BCUT2D eigenvalue weighted by atomic mass is 32.2. The number of para-hydroxylation sites is 1. The molecule has 7 nitrogen and oxygen atoms in total. The first-order valence-corrected chi connectivity index (χ1v) is 14.3. The second-order valence-corrected chi connectivity index (χ2v) is 11.5. The maximum atomic E-state index is 13.4. The molecular weight excluding hydrogens is 494 g/mol. The first-order chi connectivity index (χ1) is 18.5. The molecule has 0 bridgehead atoms. The van der Waals surface area contributed by atoms with Crippen LogP contribution < -0.4 is 10.2 Å². The third-order valence-corrected chi connectivity index (χ3v) is 9.02. The molecule has 0 saturated carbocycles. The van der Waals surface area contributed by atoms with Crippen molar-refractivity contribution in [2.24, 2.45) is 0 Å². The fraction of sp³-hybridized carbons (Fsp3) is 0.200. The summed E-state index contributed by atoms with van der Waals surface area (Å²) in [5.41, 5.74) is 2.02. The Balaban J connectivity index is 1.23. The number of anilines is 2. The van der Waals surface area contributed by atoms with Crippen LogP contribution in [0.1, 0.15) is 18.5 Å². The molecular formula is C30H29N5O2S. The normalized spacial score (nSPS) is 15.6. The summed E-state index contributed by atoms with van der Waals surface area (Å²) >= 11 is 0. The fourth-order valence-electron chi connectivity index (χ4n) is 4.95. The van der Waals surface area contributed by atoms with Crippen molar-refractivity contribution < 1.29 is 8.42 Å². The van der Waals surface area contributed by atoms with Gasteiger partial charge in [-0.05, 0) is 47.5 Å². The van der Waals surface area contributed by atoms with E-state index >= 15 is 0 Å². The van der Waals surface area contributed by atoms with Crippen LogP contribution in [0.4, 0.5) is 11.8 Å². The smallest absolute Gasteiger partial charge is 0.243 e. The molecule has 0 amide bonds. The second-order valence-electron chi connectivity index (χ2n) is 9.57. The van der Waals surface area contributed by atoms with E-state index in [0.29, 0.717) is 37.0 Å². The van der Waals surface area contributed by atoms with Gasteiger partial charge in [-0.3, -0.25) is 0 Å². The van der Waals surface area contributed by atoms with Gasteiger partial charge in [0.15, 0.2) is 0 Å². The molecule has 1 fully saturated rings. The molecule has 1 aliphatic rings. The molecule has 1 saturated heterocycles. The van der Waals surface area contributed by atoms with Gasteiger partial charge in [-0.1, -0.05) is 72.8 Å². The Bertz CT molecular complexity index is 1700. The van der Waals surface area contributed by atoms with Gasteiger partial charge < -0.3 is 10.2 Å². The van der Waals surface area contributed by atoms with Crippen molar-refractivity contribution in [1.29, 1.82) is 0 Å². The molecule has 4 aromatic carbocycles. The molecule has 1 aliphatic heterocycles. The number of benzene rings is 4. The number of piperazine rings is 1.